The van der Waals surface area contributed by atoms with Gasteiger partial charge in [0.25, 0.3) is 0 Å². The molecule has 3 aliphatic rings. The zero-order chi connectivity index (χ0) is 46.6. The molecule has 26 nitrogen and oxygen atoms in total. The Bertz CT molecular complexity index is 2540. The smallest absolute Gasteiger partial charge is 0.452 e. The van der Waals surface area contributed by atoms with Crippen LogP contribution in [0.2, 0.25) is 0 Å². The number of aliphatic hydroxyl groups is 2. The molecule has 6 heterocycles. The molecule has 3 aliphatic heterocycles. The summed E-state index contributed by atoms with van der Waals surface area (Å²) in [6, 6.07) is 6.93. The van der Waals surface area contributed by atoms with Gasteiger partial charge in [-0.3, -0.25) is 22.9 Å². The van der Waals surface area contributed by atoms with Gasteiger partial charge >= 0.3 is 21.6 Å². The van der Waals surface area contributed by atoms with Crippen LogP contribution in [0.25, 0.3) is 22.5 Å². The van der Waals surface area contributed by atoms with E-state index in [2.05, 4.69) is 41.3 Å². The number of aromatic nitrogens is 5. The number of rotatable bonds is 19. The van der Waals surface area contributed by atoms with Crippen LogP contribution >= 0.6 is 27.4 Å². The number of hydrogen-bond donors (Lipinski definition) is 8. The number of nitrogens with two attached hydrogens (primary N) is 2. The highest BCUT2D eigenvalue weighted by Crippen LogP contribution is 2.49. The number of nitrogens with zero attached hydrogens (tertiary/aromatic N) is 7. The summed E-state index contributed by atoms with van der Waals surface area (Å²) in [5, 5.41) is 24.9. The molecule has 65 heavy (non-hydrogen) atoms. The van der Waals surface area contributed by atoms with Gasteiger partial charge < -0.3 is 65.2 Å². The Hall–Kier alpha value is -5.12. The van der Waals surface area contributed by atoms with Crippen LogP contribution in [-0.4, -0.2) is 135 Å². The number of amidine groups is 1. The molecule has 0 spiro atoms. The number of nitrogens with one attached hydrogen (secondary N) is 1. The van der Waals surface area contributed by atoms with Crippen molar-refractivity contribution in [1.29, 1.82) is 0 Å². The second-order valence-corrected chi connectivity index (χ2v) is 17.9. The molecule has 350 valence electrons. The van der Waals surface area contributed by atoms with E-state index in [1.54, 1.807) is 30.3 Å². The van der Waals surface area contributed by atoms with Gasteiger partial charge in [-0.2, -0.15) is 0 Å². The van der Waals surface area contributed by atoms with E-state index in [0.29, 0.717) is 12.0 Å². The predicted octanol–water partition coefficient (Wildman–Crippen LogP) is 1.04. The van der Waals surface area contributed by atoms with Gasteiger partial charge in [-0.15, -0.1) is 18.3 Å². The highest BCUT2D eigenvalue weighted by Gasteiger charge is 2.50. The summed E-state index contributed by atoms with van der Waals surface area (Å²) in [4.78, 5) is 78.8. The maximum atomic E-state index is 14.2. The van der Waals surface area contributed by atoms with Crippen LogP contribution in [0.15, 0.2) is 76.2 Å². The Morgan fingerprint density at radius 1 is 1.06 bits per heavy atom. The number of phosphoric ester groups is 2. The van der Waals surface area contributed by atoms with E-state index in [1.165, 1.54) is 39.8 Å². The Kier molecular flexibility index (Phi) is 14.8. The first-order chi connectivity index (χ1) is 30.9. The van der Waals surface area contributed by atoms with Crippen LogP contribution in [0.4, 0.5) is 5.82 Å². The number of phosphoric acid groups is 2. The number of carbonyl (C=O) groups excluding carboxylic acids is 2. The number of thioether (sulfide) groups is 1. The molecule has 0 saturated carbocycles. The highest BCUT2D eigenvalue weighted by atomic mass is 32.2. The minimum atomic E-state index is -5.23. The molecule has 0 aliphatic carbocycles. The SMILES string of the molecule is C=CCCC(=O)NCc1nc(C(=O)OC2C(O)[C@H](n3cnc4c(N)ncnc43)O[C@@H]2COP(=O)(O)OC2C[C@H](N3C=CC(N)=NC3O)O[C@@H]2COP(=O)(O)O)c(-c2ccc(SC)cc2)o1. The van der Waals surface area contributed by atoms with E-state index in [9.17, 15) is 43.6 Å². The van der Waals surface area contributed by atoms with Gasteiger partial charge in [0.15, 0.2) is 35.3 Å². The Morgan fingerprint density at radius 3 is 2.52 bits per heavy atom. The molecule has 5 unspecified atom stereocenters. The fraction of sp³-hybridized carbons (Fsp3) is 0.417. The molecular weight excluding hydrogens is 922 g/mol. The van der Waals surface area contributed by atoms with E-state index in [4.69, 9.17) is 39.1 Å². The van der Waals surface area contributed by atoms with E-state index in [0.717, 1.165) is 11.2 Å². The van der Waals surface area contributed by atoms with Crippen molar-refractivity contribution in [2.45, 2.75) is 80.0 Å². The number of allylic oxidation sites excluding steroid dienone is 1. The van der Waals surface area contributed by atoms with Crippen LogP contribution in [-0.2, 0) is 48.3 Å². The van der Waals surface area contributed by atoms with Gasteiger partial charge in [-0.05, 0) is 30.9 Å². The van der Waals surface area contributed by atoms with Gasteiger partial charge in [-0.25, -0.2) is 38.9 Å². The predicted molar refractivity (Wildman–Crippen MR) is 224 cm³/mol. The molecule has 29 heteroatoms. The van der Waals surface area contributed by atoms with Gasteiger partial charge in [0, 0.05) is 29.5 Å². The second kappa shape index (κ2) is 20.2. The average Bonchev–Trinajstić information content (AvgIpc) is 4.05. The Labute approximate surface area is 372 Å². The minimum Gasteiger partial charge on any atom is -0.452 e. The number of anilines is 1. The van der Waals surface area contributed by atoms with Crippen molar-refractivity contribution >= 4 is 62.1 Å². The van der Waals surface area contributed by atoms with Crippen molar-refractivity contribution in [3.63, 3.8) is 0 Å². The van der Waals surface area contributed by atoms with Crippen molar-refractivity contribution in [2.75, 3.05) is 25.2 Å². The third kappa shape index (κ3) is 11.5. The quantitative estimate of drug-likeness (QED) is 0.0282. The van der Waals surface area contributed by atoms with Crippen LogP contribution < -0.4 is 16.8 Å². The maximum Gasteiger partial charge on any atom is 0.472 e. The molecule has 0 bridgehead atoms. The fourth-order valence-electron chi connectivity index (χ4n) is 6.89. The normalized spacial score (nSPS) is 25.4. The van der Waals surface area contributed by atoms with Crippen molar-refractivity contribution in [1.82, 2.24) is 34.7 Å². The van der Waals surface area contributed by atoms with Crippen molar-refractivity contribution in [2.24, 2.45) is 10.7 Å². The molecule has 9 atom stereocenters. The Balaban J connectivity index is 1.14. The first kappa shape index (κ1) is 47.8. The standard InChI is InChI=1S/C36H44N10O16P2S/c1-3-4-5-24(47)39-13-25-44-27(30(60-25)18-6-8-19(65-2)9-7-18)35(49)61-31-22(59-34(29(31)48)46-17-42-28-32(38)40-16-41-33(28)46)15-57-64(54,55)62-20-12-26(45-11-10-23(37)43-36(45)50)58-21(20)14-56-63(51,52)53/h3,6-11,16-17,20-22,26,29,31,34,36,48,50H,1,4-5,12-15H2,2H3,(H2,37,43)(H,39,47)(H,54,55)(H2,38,40,41)(H2,51,52,53)/t20?,21-,22-,26-,29?,31?,34-,36?/m1/s1. The van der Waals surface area contributed by atoms with Gasteiger partial charge in [-0.1, -0.05) is 18.2 Å². The third-order valence-corrected chi connectivity index (χ3v) is 12.2. The number of amides is 1. The molecule has 4 aromatic rings. The summed E-state index contributed by atoms with van der Waals surface area (Å²) >= 11 is 1.48. The van der Waals surface area contributed by atoms with Crippen molar-refractivity contribution in [3.8, 4) is 11.3 Å². The van der Waals surface area contributed by atoms with Gasteiger partial charge in [0.2, 0.25) is 18.1 Å². The number of aliphatic hydroxyl groups excluding tert-OH is 2. The summed E-state index contributed by atoms with van der Waals surface area (Å²) in [7, 11) is -10.3. The summed E-state index contributed by atoms with van der Waals surface area (Å²) in [5.41, 5.74) is 11.9. The number of hydrogen-bond acceptors (Lipinski definition) is 22. The van der Waals surface area contributed by atoms with E-state index in [1.807, 2.05) is 6.26 Å². The van der Waals surface area contributed by atoms with Crippen molar-refractivity contribution < 1.29 is 75.8 Å². The van der Waals surface area contributed by atoms with Crippen LogP contribution in [0.5, 0.6) is 0 Å². The number of nitrogen functional groups attached to an aromatic ring is 1. The lowest BCUT2D eigenvalue weighted by Crippen LogP contribution is -2.41. The number of ether oxygens (including phenoxy) is 3. The zero-order valence-electron chi connectivity index (χ0n) is 34.1. The molecule has 10 N–H and O–H groups in total. The second-order valence-electron chi connectivity index (χ2n) is 14.3. The Morgan fingerprint density at radius 2 is 1.82 bits per heavy atom. The number of aliphatic imine (C=N–C) groups is 1. The number of imidazole rings is 1. The van der Waals surface area contributed by atoms with E-state index in [-0.39, 0.29) is 65.5 Å². The third-order valence-electron chi connectivity index (χ3n) is 9.98. The number of fused-ring (bicyclic) bond motifs is 1. The molecule has 7 rings (SSSR count). The summed E-state index contributed by atoms with van der Waals surface area (Å²) in [5.74, 6) is -1.55. The maximum absolute atomic E-state index is 14.2. The van der Waals surface area contributed by atoms with Crippen LogP contribution in [0, 0.1) is 0 Å². The number of carbonyl (C=O) groups is 2. The highest BCUT2D eigenvalue weighted by molar-refractivity contribution is 7.98. The van der Waals surface area contributed by atoms with E-state index >= 15 is 0 Å². The monoisotopic (exact) mass is 966 g/mol. The van der Waals surface area contributed by atoms with Crippen LogP contribution in [0.3, 0.4) is 0 Å². The lowest BCUT2D eigenvalue weighted by molar-refractivity contribution is -0.121. The molecule has 3 aromatic heterocycles. The number of esters is 1. The fourth-order valence-corrected chi connectivity index (χ4v) is 8.60. The first-order valence-electron chi connectivity index (χ1n) is 19.4. The average molecular weight is 967 g/mol. The summed E-state index contributed by atoms with van der Waals surface area (Å²) < 4.78 is 65.7. The summed E-state index contributed by atoms with van der Waals surface area (Å²) in [6.07, 6.45) is -3.17. The van der Waals surface area contributed by atoms with Gasteiger partial charge in [0.05, 0.1) is 26.1 Å². The van der Waals surface area contributed by atoms with Gasteiger partial charge in [0.1, 0.15) is 48.3 Å². The molecular formula is C36H44N10O16P2S. The summed E-state index contributed by atoms with van der Waals surface area (Å²) in [6.45, 7) is 1.68. The van der Waals surface area contributed by atoms with Crippen LogP contribution in [0.1, 0.15) is 41.9 Å². The number of oxazole rings is 1. The van der Waals surface area contributed by atoms with Crippen molar-refractivity contribution in [3.05, 3.63) is 73.4 Å². The zero-order valence-corrected chi connectivity index (χ0v) is 36.7. The topological polar surface area (TPSA) is 374 Å². The first-order valence-corrected chi connectivity index (χ1v) is 23.7. The lowest BCUT2D eigenvalue weighted by Gasteiger charge is -2.31. The molecule has 0 radical (unpaired) electrons. The minimum absolute atomic E-state index is 0.00425. The molecule has 1 amide bonds. The van der Waals surface area contributed by atoms with E-state index < -0.39 is 84.2 Å². The largest absolute Gasteiger partial charge is 0.472 e. The lowest BCUT2D eigenvalue weighted by atomic mass is 10.1. The molecule has 2 saturated heterocycles. The number of benzene rings is 1. The molecule has 1 aromatic carbocycles. The molecule has 2 fully saturated rings.